The Labute approximate surface area is 181 Å². The van der Waals surface area contributed by atoms with Gasteiger partial charge in [0.15, 0.2) is 11.6 Å². The topological polar surface area (TPSA) is 60.0 Å². The van der Waals surface area contributed by atoms with E-state index in [1.54, 1.807) is 4.90 Å². The van der Waals surface area contributed by atoms with Crippen LogP contribution in [-0.4, -0.2) is 49.9 Å². The number of halogens is 2. The smallest absolute Gasteiger partial charge is 0.410 e. The van der Waals surface area contributed by atoms with Gasteiger partial charge in [0.1, 0.15) is 18.2 Å². The molecule has 1 unspecified atom stereocenters. The number of nitrogens with one attached hydrogen (secondary N) is 1. The zero-order valence-electron chi connectivity index (χ0n) is 17.6. The number of hydrogen-bond donors (Lipinski definition) is 1. The number of para-hydroxylation sites is 1. The Kier molecular flexibility index (Phi) is 8.46. The summed E-state index contributed by atoms with van der Waals surface area (Å²) < 4.78 is 45.1. The second kappa shape index (κ2) is 11.5. The quantitative estimate of drug-likeness (QED) is 0.602. The van der Waals surface area contributed by atoms with Gasteiger partial charge in [-0.25, -0.2) is 13.6 Å². The fourth-order valence-corrected chi connectivity index (χ4v) is 3.35. The second-order valence-corrected chi connectivity index (χ2v) is 7.22. The minimum atomic E-state index is -0.857. The molecule has 6 nitrogen and oxygen atoms in total. The molecular formula is C23H28F2N2O4. The normalized spacial score (nSPS) is 16.1. The molecule has 1 heterocycles. The first kappa shape index (κ1) is 22.8. The van der Waals surface area contributed by atoms with Crippen LogP contribution in [0, 0.1) is 11.6 Å². The predicted molar refractivity (Wildman–Crippen MR) is 112 cm³/mol. The lowest BCUT2D eigenvalue weighted by atomic mass is 10.1. The van der Waals surface area contributed by atoms with Crippen molar-refractivity contribution < 1.29 is 27.8 Å². The number of benzene rings is 2. The van der Waals surface area contributed by atoms with Crippen molar-refractivity contribution in [2.24, 2.45) is 0 Å². The standard InChI is InChI=1S/C23H28F2N2O4/c1-2-17-15-26-11-12-27(17)23(28)31-16-19-20(24)9-10-21(22(19)25)30-14-6-13-29-18-7-4-3-5-8-18/h3-5,7-10,17,26H,2,6,11-16H2,1H3. The van der Waals surface area contributed by atoms with Crippen LogP contribution in [0.4, 0.5) is 13.6 Å². The molecule has 1 N–H and O–H groups in total. The summed E-state index contributed by atoms with van der Waals surface area (Å²) in [7, 11) is 0. The molecule has 0 radical (unpaired) electrons. The van der Waals surface area contributed by atoms with Crippen LogP contribution < -0.4 is 14.8 Å². The van der Waals surface area contributed by atoms with Gasteiger partial charge >= 0.3 is 6.09 Å². The molecule has 1 saturated heterocycles. The molecule has 168 valence electrons. The first-order valence-corrected chi connectivity index (χ1v) is 10.5. The summed E-state index contributed by atoms with van der Waals surface area (Å²) in [5, 5.41) is 3.21. The predicted octanol–water partition coefficient (Wildman–Crippen LogP) is 4.13. The van der Waals surface area contributed by atoms with Crippen LogP contribution in [0.2, 0.25) is 0 Å². The number of ether oxygens (including phenoxy) is 3. The van der Waals surface area contributed by atoms with Gasteiger partial charge in [0.2, 0.25) is 0 Å². The number of piperazine rings is 1. The van der Waals surface area contributed by atoms with Crippen LogP contribution in [0.25, 0.3) is 0 Å². The Morgan fingerprint density at radius 1 is 1.13 bits per heavy atom. The van der Waals surface area contributed by atoms with Crippen molar-refractivity contribution in [2.45, 2.75) is 32.4 Å². The molecule has 1 fully saturated rings. The molecule has 2 aromatic rings. The third-order valence-electron chi connectivity index (χ3n) is 5.10. The highest BCUT2D eigenvalue weighted by Gasteiger charge is 2.27. The average molecular weight is 434 g/mol. The highest BCUT2D eigenvalue weighted by Crippen LogP contribution is 2.24. The molecule has 1 amide bonds. The summed E-state index contributed by atoms with van der Waals surface area (Å²) in [6.07, 6.45) is 0.719. The van der Waals surface area contributed by atoms with Crippen LogP contribution in [-0.2, 0) is 11.3 Å². The van der Waals surface area contributed by atoms with Crippen LogP contribution in [0.5, 0.6) is 11.5 Å². The minimum absolute atomic E-state index is 0.00344. The Morgan fingerprint density at radius 3 is 2.68 bits per heavy atom. The Morgan fingerprint density at radius 2 is 1.90 bits per heavy atom. The zero-order valence-corrected chi connectivity index (χ0v) is 17.6. The van der Waals surface area contributed by atoms with E-state index in [0.29, 0.717) is 32.7 Å². The first-order valence-electron chi connectivity index (χ1n) is 10.5. The largest absolute Gasteiger partial charge is 0.493 e. The number of hydrogen-bond acceptors (Lipinski definition) is 5. The summed E-state index contributed by atoms with van der Waals surface area (Å²) in [4.78, 5) is 14.0. The van der Waals surface area contributed by atoms with E-state index >= 15 is 0 Å². The van der Waals surface area contributed by atoms with Gasteiger partial charge in [-0.1, -0.05) is 25.1 Å². The van der Waals surface area contributed by atoms with Crippen molar-refractivity contribution in [1.29, 1.82) is 0 Å². The number of rotatable bonds is 9. The lowest BCUT2D eigenvalue weighted by molar-refractivity contribution is 0.0697. The molecule has 0 aliphatic carbocycles. The van der Waals surface area contributed by atoms with E-state index in [4.69, 9.17) is 14.2 Å². The van der Waals surface area contributed by atoms with Gasteiger partial charge < -0.3 is 24.4 Å². The monoisotopic (exact) mass is 434 g/mol. The van der Waals surface area contributed by atoms with E-state index in [0.717, 1.165) is 18.2 Å². The molecule has 8 heteroatoms. The summed E-state index contributed by atoms with van der Waals surface area (Å²) in [6.45, 7) is 3.91. The number of carbonyl (C=O) groups is 1. The third-order valence-corrected chi connectivity index (χ3v) is 5.10. The number of nitrogens with zero attached hydrogens (tertiary/aromatic N) is 1. The summed E-state index contributed by atoms with van der Waals surface area (Å²) in [5.74, 6) is -0.975. The van der Waals surface area contributed by atoms with Gasteiger partial charge in [-0.15, -0.1) is 0 Å². The van der Waals surface area contributed by atoms with Crippen molar-refractivity contribution in [3.8, 4) is 11.5 Å². The molecule has 31 heavy (non-hydrogen) atoms. The maximum atomic E-state index is 14.7. The molecule has 1 aliphatic heterocycles. The van der Waals surface area contributed by atoms with E-state index in [-0.39, 0.29) is 24.0 Å². The van der Waals surface area contributed by atoms with Crippen molar-refractivity contribution in [3.63, 3.8) is 0 Å². The second-order valence-electron chi connectivity index (χ2n) is 7.22. The summed E-state index contributed by atoms with van der Waals surface area (Å²) in [6, 6.07) is 11.7. The molecule has 2 aromatic carbocycles. The molecule has 1 atom stereocenters. The summed E-state index contributed by atoms with van der Waals surface area (Å²) >= 11 is 0. The Balaban J connectivity index is 1.50. The van der Waals surface area contributed by atoms with Crippen LogP contribution in [0.15, 0.2) is 42.5 Å². The maximum absolute atomic E-state index is 14.7. The third kappa shape index (κ3) is 6.30. The SMILES string of the molecule is CCC1CNCCN1C(=O)OCc1c(F)ccc(OCCCOc2ccccc2)c1F. The van der Waals surface area contributed by atoms with Gasteiger partial charge in [-0.05, 0) is 30.7 Å². The minimum Gasteiger partial charge on any atom is -0.493 e. The molecular weight excluding hydrogens is 406 g/mol. The molecule has 1 aliphatic rings. The fourth-order valence-electron chi connectivity index (χ4n) is 3.35. The van der Waals surface area contributed by atoms with Crippen LogP contribution >= 0.6 is 0 Å². The van der Waals surface area contributed by atoms with Gasteiger partial charge in [0, 0.05) is 32.1 Å². The Bertz CT molecular complexity index is 851. The number of carbonyl (C=O) groups excluding carboxylic acids is 1. The first-order chi connectivity index (χ1) is 15.1. The van der Waals surface area contributed by atoms with Crippen molar-refractivity contribution in [2.75, 3.05) is 32.8 Å². The van der Waals surface area contributed by atoms with Crippen molar-refractivity contribution in [1.82, 2.24) is 10.2 Å². The number of amides is 1. The van der Waals surface area contributed by atoms with E-state index < -0.39 is 24.3 Å². The van der Waals surface area contributed by atoms with Crippen LogP contribution in [0.1, 0.15) is 25.3 Å². The van der Waals surface area contributed by atoms with E-state index in [2.05, 4.69) is 5.32 Å². The van der Waals surface area contributed by atoms with Gasteiger partial charge in [-0.2, -0.15) is 0 Å². The molecule has 3 rings (SSSR count). The van der Waals surface area contributed by atoms with Crippen molar-refractivity contribution >= 4 is 6.09 Å². The average Bonchev–Trinajstić information content (AvgIpc) is 2.80. The Hall–Kier alpha value is -2.87. The zero-order chi connectivity index (χ0) is 22.1. The highest BCUT2D eigenvalue weighted by molar-refractivity contribution is 5.68. The van der Waals surface area contributed by atoms with Crippen molar-refractivity contribution in [3.05, 3.63) is 59.7 Å². The highest BCUT2D eigenvalue weighted by atomic mass is 19.1. The molecule has 0 spiro atoms. The van der Waals surface area contributed by atoms with Gasteiger partial charge in [0.05, 0.1) is 18.8 Å². The molecule has 0 bridgehead atoms. The van der Waals surface area contributed by atoms with Gasteiger partial charge in [-0.3, -0.25) is 0 Å². The van der Waals surface area contributed by atoms with Crippen LogP contribution in [0.3, 0.4) is 0 Å². The van der Waals surface area contributed by atoms with E-state index in [1.807, 2.05) is 37.3 Å². The lowest BCUT2D eigenvalue weighted by Gasteiger charge is -2.34. The maximum Gasteiger partial charge on any atom is 0.410 e. The molecule has 0 saturated carbocycles. The molecule has 0 aromatic heterocycles. The lowest BCUT2D eigenvalue weighted by Crippen LogP contribution is -2.53. The van der Waals surface area contributed by atoms with E-state index in [9.17, 15) is 13.6 Å². The van der Waals surface area contributed by atoms with Gasteiger partial charge in [0.25, 0.3) is 0 Å². The summed E-state index contributed by atoms with van der Waals surface area (Å²) in [5.41, 5.74) is -0.324. The van der Waals surface area contributed by atoms with E-state index in [1.165, 1.54) is 6.07 Å². The fraction of sp³-hybridized carbons (Fsp3) is 0.435.